The van der Waals surface area contributed by atoms with Gasteiger partial charge in [0.2, 0.25) is 0 Å². The third kappa shape index (κ3) is 2.56. The van der Waals surface area contributed by atoms with Crippen LogP contribution in [0.5, 0.6) is 0 Å². The number of methoxy groups -OCH3 is 1. The molecule has 0 aromatic heterocycles. The lowest BCUT2D eigenvalue weighted by Gasteiger charge is -2.34. The summed E-state index contributed by atoms with van der Waals surface area (Å²) in [7, 11) is 1.71. The molecule has 0 aliphatic rings. The Kier molecular flexibility index (Phi) is 4.36. The van der Waals surface area contributed by atoms with Crippen LogP contribution in [0.1, 0.15) is 16.7 Å². The predicted octanol–water partition coefficient (Wildman–Crippen LogP) is 4.83. The lowest BCUT2D eigenvalue weighted by atomic mass is 9.70. The number of benzene rings is 3. The summed E-state index contributed by atoms with van der Waals surface area (Å²) in [6.07, 6.45) is 0. The van der Waals surface area contributed by atoms with Crippen molar-refractivity contribution in [2.24, 2.45) is 0 Å². The molecule has 0 saturated carbocycles. The molecule has 1 heteroatoms. The molecule has 0 saturated heterocycles. The van der Waals surface area contributed by atoms with Gasteiger partial charge in [-0.1, -0.05) is 91.0 Å². The van der Waals surface area contributed by atoms with Crippen LogP contribution < -0.4 is 0 Å². The molecule has 0 N–H and O–H groups in total. The van der Waals surface area contributed by atoms with Crippen LogP contribution in [-0.2, 0) is 10.2 Å². The van der Waals surface area contributed by atoms with E-state index >= 15 is 0 Å². The Morgan fingerprint density at radius 1 is 0.591 bits per heavy atom. The van der Waals surface area contributed by atoms with Gasteiger partial charge < -0.3 is 4.74 Å². The fraction of sp³-hybridized carbons (Fsp3) is 0.0952. The molecule has 0 bridgehead atoms. The van der Waals surface area contributed by atoms with Gasteiger partial charge in [0.1, 0.15) is 6.61 Å². The van der Waals surface area contributed by atoms with Crippen molar-refractivity contribution in [1.29, 1.82) is 0 Å². The van der Waals surface area contributed by atoms with Gasteiger partial charge in [-0.15, -0.1) is 0 Å². The highest BCUT2D eigenvalue weighted by atomic mass is 16.5. The van der Waals surface area contributed by atoms with Gasteiger partial charge >= 0.3 is 0 Å². The van der Waals surface area contributed by atoms with Gasteiger partial charge in [0.25, 0.3) is 0 Å². The molecule has 3 aromatic rings. The molecule has 0 amide bonds. The molecule has 1 radical (unpaired) electrons. The van der Waals surface area contributed by atoms with Gasteiger partial charge in [0.05, 0.1) is 5.41 Å². The van der Waals surface area contributed by atoms with Crippen LogP contribution in [0.25, 0.3) is 0 Å². The Balaban J connectivity index is 2.29. The lowest BCUT2D eigenvalue weighted by molar-refractivity contribution is 0.237. The second-order valence-electron chi connectivity index (χ2n) is 5.26. The maximum absolute atomic E-state index is 5.55. The summed E-state index contributed by atoms with van der Waals surface area (Å²) < 4.78 is 5.55. The van der Waals surface area contributed by atoms with Crippen molar-refractivity contribution in [3.05, 3.63) is 114 Å². The zero-order valence-corrected chi connectivity index (χ0v) is 12.6. The zero-order chi connectivity index (χ0) is 15.3. The molecule has 3 aromatic carbocycles. The predicted molar refractivity (Wildman–Crippen MR) is 90.5 cm³/mol. The SMILES string of the molecule is CO[CH]C(c1ccccc1)(c1ccccc1)c1ccccc1. The van der Waals surface area contributed by atoms with Crippen molar-refractivity contribution < 1.29 is 4.74 Å². The monoisotopic (exact) mass is 287 g/mol. The van der Waals surface area contributed by atoms with Gasteiger partial charge in [-0.2, -0.15) is 0 Å². The molecule has 0 aliphatic carbocycles. The Bertz CT molecular complexity index is 593. The van der Waals surface area contributed by atoms with Gasteiger partial charge in [-0.05, 0) is 16.7 Å². The van der Waals surface area contributed by atoms with Crippen LogP contribution >= 0.6 is 0 Å². The third-order valence-electron chi connectivity index (χ3n) is 3.98. The maximum atomic E-state index is 5.55. The van der Waals surface area contributed by atoms with Crippen molar-refractivity contribution in [3.8, 4) is 0 Å². The smallest absolute Gasteiger partial charge is 0.103 e. The summed E-state index contributed by atoms with van der Waals surface area (Å²) in [6.45, 7) is 1.92. The molecule has 3 rings (SSSR count). The molecule has 0 unspecified atom stereocenters. The Hall–Kier alpha value is -2.38. The number of hydrogen-bond acceptors (Lipinski definition) is 1. The van der Waals surface area contributed by atoms with Crippen molar-refractivity contribution in [1.82, 2.24) is 0 Å². The minimum absolute atomic E-state index is 0.418. The first kappa shape index (κ1) is 14.6. The van der Waals surface area contributed by atoms with Gasteiger partial charge in [0, 0.05) is 7.11 Å². The summed E-state index contributed by atoms with van der Waals surface area (Å²) >= 11 is 0. The van der Waals surface area contributed by atoms with Crippen LogP contribution in [0.3, 0.4) is 0 Å². The topological polar surface area (TPSA) is 9.23 Å². The van der Waals surface area contributed by atoms with Gasteiger partial charge in [-0.3, -0.25) is 0 Å². The van der Waals surface area contributed by atoms with E-state index in [2.05, 4.69) is 72.8 Å². The molecule has 0 aliphatic heterocycles. The van der Waals surface area contributed by atoms with E-state index in [1.807, 2.05) is 24.8 Å². The van der Waals surface area contributed by atoms with E-state index < -0.39 is 5.41 Å². The highest BCUT2D eigenvalue weighted by Gasteiger charge is 2.36. The normalized spacial score (nSPS) is 11.3. The van der Waals surface area contributed by atoms with Gasteiger partial charge in [0.15, 0.2) is 0 Å². The van der Waals surface area contributed by atoms with Gasteiger partial charge in [-0.25, -0.2) is 0 Å². The lowest BCUT2D eigenvalue weighted by Crippen LogP contribution is -2.30. The Morgan fingerprint density at radius 2 is 0.909 bits per heavy atom. The minimum Gasteiger partial charge on any atom is -0.377 e. The van der Waals surface area contributed by atoms with E-state index in [4.69, 9.17) is 4.74 Å². The summed E-state index contributed by atoms with van der Waals surface area (Å²) in [4.78, 5) is 0. The van der Waals surface area contributed by atoms with Crippen molar-refractivity contribution in [2.45, 2.75) is 5.41 Å². The molecular formula is C21H19O. The standard InChI is InChI=1S/C21H19O/c1-22-17-21(18-11-5-2-6-12-18,19-13-7-3-8-14-19)20-15-9-4-10-16-20/h2-17H,1H3. The Morgan fingerprint density at radius 3 is 1.18 bits per heavy atom. The largest absolute Gasteiger partial charge is 0.377 e. The van der Waals surface area contributed by atoms with E-state index in [9.17, 15) is 0 Å². The highest BCUT2D eigenvalue weighted by Crippen LogP contribution is 2.41. The molecular weight excluding hydrogens is 268 g/mol. The summed E-state index contributed by atoms with van der Waals surface area (Å²) in [5.74, 6) is 0. The third-order valence-corrected chi connectivity index (χ3v) is 3.98. The summed E-state index contributed by atoms with van der Waals surface area (Å²) in [6, 6.07) is 31.4. The van der Waals surface area contributed by atoms with Crippen LogP contribution in [0, 0.1) is 6.61 Å². The van der Waals surface area contributed by atoms with Crippen molar-refractivity contribution in [3.63, 3.8) is 0 Å². The van der Waals surface area contributed by atoms with Crippen LogP contribution in [0.4, 0.5) is 0 Å². The quantitative estimate of drug-likeness (QED) is 0.611. The van der Waals surface area contributed by atoms with E-state index in [0.29, 0.717) is 0 Å². The number of ether oxygens (including phenoxy) is 1. The molecule has 0 fully saturated rings. The maximum Gasteiger partial charge on any atom is 0.103 e. The number of hydrogen-bond donors (Lipinski definition) is 0. The minimum atomic E-state index is -0.418. The first-order valence-electron chi connectivity index (χ1n) is 7.41. The molecule has 22 heavy (non-hydrogen) atoms. The summed E-state index contributed by atoms with van der Waals surface area (Å²) in [5, 5.41) is 0. The first-order chi connectivity index (χ1) is 10.9. The Labute approximate surface area is 132 Å². The molecule has 0 spiro atoms. The molecule has 0 heterocycles. The van der Waals surface area contributed by atoms with E-state index in [-0.39, 0.29) is 0 Å². The van der Waals surface area contributed by atoms with E-state index in [0.717, 1.165) is 0 Å². The number of rotatable bonds is 5. The molecule has 109 valence electrons. The second kappa shape index (κ2) is 6.59. The van der Waals surface area contributed by atoms with Crippen molar-refractivity contribution in [2.75, 3.05) is 7.11 Å². The average Bonchev–Trinajstić information content (AvgIpc) is 2.62. The molecule has 0 atom stereocenters. The fourth-order valence-electron chi connectivity index (χ4n) is 2.98. The molecule has 1 nitrogen and oxygen atoms in total. The second-order valence-corrected chi connectivity index (χ2v) is 5.26. The first-order valence-corrected chi connectivity index (χ1v) is 7.41. The van der Waals surface area contributed by atoms with E-state index in [1.165, 1.54) is 16.7 Å². The van der Waals surface area contributed by atoms with Crippen LogP contribution in [0.15, 0.2) is 91.0 Å². The van der Waals surface area contributed by atoms with Crippen LogP contribution in [0.2, 0.25) is 0 Å². The summed E-state index contributed by atoms with van der Waals surface area (Å²) in [5.41, 5.74) is 3.15. The highest BCUT2D eigenvalue weighted by molar-refractivity contribution is 5.52. The zero-order valence-electron chi connectivity index (χ0n) is 12.6. The van der Waals surface area contributed by atoms with Crippen LogP contribution in [-0.4, -0.2) is 7.11 Å². The van der Waals surface area contributed by atoms with Crippen molar-refractivity contribution >= 4 is 0 Å². The van der Waals surface area contributed by atoms with E-state index in [1.54, 1.807) is 7.11 Å². The average molecular weight is 287 g/mol. The fourth-order valence-corrected chi connectivity index (χ4v) is 2.98.